The van der Waals surface area contributed by atoms with Gasteiger partial charge in [-0.15, -0.1) is 0 Å². The SMILES string of the molecule is CN1CCC(=C(F)c2cccc(NC(=O)c3cccc(Cl)c3F)n2)CC1. The third-order valence-corrected chi connectivity index (χ3v) is 4.60. The molecule has 26 heavy (non-hydrogen) atoms. The second-order valence-corrected chi connectivity index (χ2v) is 6.59. The van der Waals surface area contributed by atoms with E-state index < -0.39 is 11.7 Å². The number of amides is 1. The highest BCUT2D eigenvalue weighted by Crippen LogP contribution is 2.27. The molecule has 2 aromatic rings. The van der Waals surface area contributed by atoms with Crippen molar-refractivity contribution in [3.05, 3.63) is 64.1 Å². The van der Waals surface area contributed by atoms with E-state index in [1.54, 1.807) is 12.1 Å². The summed E-state index contributed by atoms with van der Waals surface area (Å²) < 4.78 is 28.7. The van der Waals surface area contributed by atoms with Gasteiger partial charge in [-0.1, -0.05) is 23.7 Å². The van der Waals surface area contributed by atoms with Crippen LogP contribution in [0.5, 0.6) is 0 Å². The molecule has 0 spiro atoms. The fourth-order valence-electron chi connectivity index (χ4n) is 2.78. The summed E-state index contributed by atoms with van der Waals surface area (Å²) in [5, 5.41) is 2.34. The van der Waals surface area contributed by atoms with Gasteiger partial charge in [0.1, 0.15) is 17.3 Å². The Kier molecular flexibility index (Phi) is 5.64. The number of nitrogens with zero attached hydrogens (tertiary/aromatic N) is 2. The van der Waals surface area contributed by atoms with Crippen LogP contribution in [0, 0.1) is 5.82 Å². The van der Waals surface area contributed by atoms with E-state index in [2.05, 4.69) is 15.2 Å². The third kappa shape index (κ3) is 4.08. The molecule has 1 aromatic carbocycles. The Bertz CT molecular complexity index is 860. The quantitative estimate of drug-likeness (QED) is 0.854. The topological polar surface area (TPSA) is 45.2 Å². The predicted molar refractivity (Wildman–Crippen MR) is 98.4 cm³/mol. The summed E-state index contributed by atoms with van der Waals surface area (Å²) in [5.74, 6) is -1.71. The van der Waals surface area contributed by atoms with Crippen LogP contribution < -0.4 is 5.32 Å². The molecule has 1 N–H and O–H groups in total. The lowest BCUT2D eigenvalue weighted by Crippen LogP contribution is -2.26. The molecule has 0 radical (unpaired) electrons. The highest BCUT2D eigenvalue weighted by Gasteiger charge is 2.18. The van der Waals surface area contributed by atoms with Crippen LogP contribution >= 0.6 is 11.6 Å². The molecule has 1 aromatic heterocycles. The highest BCUT2D eigenvalue weighted by atomic mass is 35.5. The van der Waals surface area contributed by atoms with Crippen LogP contribution in [0.2, 0.25) is 5.02 Å². The molecule has 2 heterocycles. The van der Waals surface area contributed by atoms with Crippen LogP contribution in [-0.2, 0) is 0 Å². The molecule has 0 atom stereocenters. The molecular weight excluding hydrogens is 360 g/mol. The Labute approximate surface area is 155 Å². The average molecular weight is 378 g/mol. The molecular formula is C19H18ClF2N3O. The number of carbonyl (C=O) groups is 1. The molecule has 1 aliphatic heterocycles. The van der Waals surface area contributed by atoms with Crippen molar-refractivity contribution in [2.24, 2.45) is 0 Å². The molecule has 1 saturated heterocycles. The van der Waals surface area contributed by atoms with Crippen LogP contribution in [0.1, 0.15) is 28.9 Å². The van der Waals surface area contributed by atoms with E-state index >= 15 is 0 Å². The lowest BCUT2D eigenvalue weighted by molar-refractivity contribution is 0.102. The predicted octanol–water partition coefficient (Wildman–Crippen LogP) is 4.53. The third-order valence-electron chi connectivity index (χ3n) is 4.31. The molecule has 1 fully saturated rings. The zero-order chi connectivity index (χ0) is 18.7. The number of piperidine rings is 1. The van der Waals surface area contributed by atoms with Gasteiger partial charge in [0, 0.05) is 13.1 Å². The maximum Gasteiger partial charge on any atom is 0.259 e. The molecule has 3 rings (SSSR count). The fraction of sp³-hybridized carbons (Fsp3) is 0.263. The van der Waals surface area contributed by atoms with Crippen LogP contribution in [0.3, 0.4) is 0 Å². The van der Waals surface area contributed by atoms with Crippen molar-refractivity contribution < 1.29 is 13.6 Å². The van der Waals surface area contributed by atoms with E-state index in [9.17, 15) is 13.6 Å². The van der Waals surface area contributed by atoms with Crippen molar-refractivity contribution in [2.45, 2.75) is 12.8 Å². The molecule has 136 valence electrons. The molecule has 7 heteroatoms. The van der Waals surface area contributed by atoms with Gasteiger partial charge in [0.05, 0.1) is 10.6 Å². The fourth-order valence-corrected chi connectivity index (χ4v) is 2.95. The molecule has 4 nitrogen and oxygen atoms in total. The van der Waals surface area contributed by atoms with Crippen molar-refractivity contribution in [2.75, 3.05) is 25.5 Å². The summed E-state index contributed by atoms with van der Waals surface area (Å²) >= 11 is 5.69. The van der Waals surface area contributed by atoms with Gasteiger partial charge in [-0.05, 0) is 49.7 Å². The Morgan fingerprint density at radius 3 is 2.62 bits per heavy atom. The highest BCUT2D eigenvalue weighted by molar-refractivity contribution is 6.31. The first-order chi connectivity index (χ1) is 12.5. The number of anilines is 1. The van der Waals surface area contributed by atoms with Crippen molar-refractivity contribution in [3.63, 3.8) is 0 Å². The summed E-state index contributed by atoms with van der Waals surface area (Å²) in [4.78, 5) is 18.5. The normalized spacial score (nSPS) is 15.0. The number of nitrogens with one attached hydrogen (secondary N) is 1. The second-order valence-electron chi connectivity index (χ2n) is 6.18. The van der Waals surface area contributed by atoms with Gasteiger partial charge >= 0.3 is 0 Å². The van der Waals surface area contributed by atoms with Crippen LogP contribution in [0.4, 0.5) is 14.6 Å². The molecule has 0 bridgehead atoms. The number of rotatable bonds is 3. The number of pyridine rings is 1. The number of hydrogen-bond acceptors (Lipinski definition) is 3. The van der Waals surface area contributed by atoms with Gasteiger partial charge in [-0.2, -0.15) is 0 Å². The van der Waals surface area contributed by atoms with Gasteiger partial charge in [0.2, 0.25) is 0 Å². The van der Waals surface area contributed by atoms with Crippen LogP contribution in [0.25, 0.3) is 5.83 Å². The zero-order valence-corrected chi connectivity index (χ0v) is 15.0. The Balaban J connectivity index is 1.80. The average Bonchev–Trinajstić information content (AvgIpc) is 2.64. The largest absolute Gasteiger partial charge is 0.306 e. The maximum atomic E-state index is 14.7. The first-order valence-electron chi connectivity index (χ1n) is 8.24. The summed E-state index contributed by atoms with van der Waals surface area (Å²) in [6, 6.07) is 8.83. The zero-order valence-electron chi connectivity index (χ0n) is 14.2. The minimum absolute atomic E-state index is 0.141. The standard InChI is InChI=1S/C19H18ClF2N3O/c1-25-10-8-12(9-11-25)17(21)15-6-3-7-16(23-15)24-19(26)13-4-2-5-14(20)18(13)22/h2-7H,8-11H2,1H3,(H,23,24,26). The molecule has 0 saturated carbocycles. The van der Waals surface area contributed by atoms with E-state index in [1.165, 1.54) is 24.3 Å². The van der Waals surface area contributed by atoms with Gasteiger partial charge in [0.15, 0.2) is 5.82 Å². The number of likely N-dealkylation sites (tertiary alicyclic amines) is 1. The Morgan fingerprint density at radius 1 is 1.19 bits per heavy atom. The minimum atomic E-state index is -0.803. The summed E-state index contributed by atoms with van der Waals surface area (Å²) in [7, 11) is 2.00. The monoisotopic (exact) mass is 377 g/mol. The number of aromatic nitrogens is 1. The first kappa shape index (κ1) is 18.5. The molecule has 1 amide bonds. The summed E-state index contributed by atoms with van der Waals surface area (Å²) in [6.07, 6.45) is 1.29. The number of benzene rings is 1. The number of hydrogen-bond donors (Lipinski definition) is 1. The lowest BCUT2D eigenvalue weighted by atomic mass is 10.0. The number of carbonyl (C=O) groups excluding carboxylic acids is 1. The number of halogens is 3. The Hall–Kier alpha value is -2.31. The van der Waals surface area contributed by atoms with Gasteiger partial charge < -0.3 is 10.2 Å². The maximum absolute atomic E-state index is 14.7. The van der Waals surface area contributed by atoms with Crippen molar-refractivity contribution >= 4 is 29.2 Å². The summed E-state index contributed by atoms with van der Waals surface area (Å²) in [5.41, 5.74) is 0.688. The molecule has 1 aliphatic rings. The van der Waals surface area contributed by atoms with E-state index in [1.807, 2.05) is 7.05 Å². The van der Waals surface area contributed by atoms with Gasteiger partial charge in [-0.3, -0.25) is 4.79 Å². The lowest BCUT2D eigenvalue weighted by Gasteiger charge is -2.24. The molecule has 0 aliphatic carbocycles. The first-order valence-corrected chi connectivity index (χ1v) is 8.62. The van der Waals surface area contributed by atoms with E-state index in [-0.39, 0.29) is 27.9 Å². The van der Waals surface area contributed by atoms with Crippen molar-refractivity contribution in [1.29, 1.82) is 0 Å². The van der Waals surface area contributed by atoms with Gasteiger partial charge in [0.25, 0.3) is 5.91 Å². The van der Waals surface area contributed by atoms with E-state index in [0.29, 0.717) is 12.8 Å². The second kappa shape index (κ2) is 7.93. The van der Waals surface area contributed by atoms with Crippen molar-refractivity contribution in [3.8, 4) is 0 Å². The van der Waals surface area contributed by atoms with E-state index in [4.69, 9.17) is 11.6 Å². The minimum Gasteiger partial charge on any atom is -0.306 e. The summed E-state index contributed by atoms with van der Waals surface area (Å²) in [6.45, 7) is 1.60. The Morgan fingerprint density at radius 2 is 1.88 bits per heavy atom. The molecule has 0 unspecified atom stereocenters. The van der Waals surface area contributed by atoms with Crippen LogP contribution in [-0.4, -0.2) is 35.9 Å². The van der Waals surface area contributed by atoms with Crippen LogP contribution in [0.15, 0.2) is 42.0 Å². The van der Waals surface area contributed by atoms with Crippen molar-refractivity contribution in [1.82, 2.24) is 9.88 Å². The smallest absolute Gasteiger partial charge is 0.259 e. The van der Waals surface area contributed by atoms with E-state index in [0.717, 1.165) is 18.7 Å². The van der Waals surface area contributed by atoms with Gasteiger partial charge in [-0.25, -0.2) is 13.8 Å².